The summed E-state index contributed by atoms with van der Waals surface area (Å²) >= 11 is 0. The van der Waals surface area contributed by atoms with Crippen LogP contribution in [0.3, 0.4) is 0 Å². The molecule has 1 fully saturated rings. The van der Waals surface area contributed by atoms with E-state index in [0.29, 0.717) is 23.6 Å². The number of nitrogens with one attached hydrogen (secondary N) is 2. The van der Waals surface area contributed by atoms with Crippen LogP contribution in [0.25, 0.3) is 0 Å². The van der Waals surface area contributed by atoms with Crippen molar-refractivity contribution in [1.82, 2.24) is 10.2 Å². The SMILES string of the molecule is CCC1(c2ccccc2)NC(=O)N(CC(=O)Nc2ccc(C(C)C)cc2)C1=O. The third-order valence-electron chi connectivity index (χ3n) is 5.14. The molecule has 1 unspecified atom stereocenters. The Kier molecular flexibility index (Phi) is 5.49. The minimum absolute atomic E-state index is 0.328. The highest BCUT2D eigenvalue weighted by molar-refractivity contribution is 6.10. The van der Waals surface area contributed by atoms with Crippen molar-refractivity contribution < 1.29 is 14.4 Å². The van der Waals surface area contributed by atoms with Crippen LogP contribution in [0.2, 0.25) is 0 Å². The van der Waals surface area contributed by atoms with Crippen molar-refractivity contribution in [3.63, 3.8) is 0 Å². The van der Waals surface area contributed by atoms with Crippen LogP contribution in [0.1, 0.15) is 44.2 Å². The van der Waals surface area contributed by atoms with Gasteiger partial charge in [-0.1, -0.05) is 63.2 Å². The number of carbonyl (C=O) groups is 3. The van der Waals surface area contributed by atoms with Gasteiger partial charge in [0.1, 0.15) is 12.1 Å². The number of rotatable bonds is 6. The van der Waals surface area contributed by atoms with Crippen LogP contribution in [0.15, 0.2) is 54.6 Å². The van der Waals surface area contributed by atoms with Gasteiger partial charge in [-0.2, -0.15) is 0 Å². The minimum Gasteiger partial charge on any atom is -0.325 e. The highest BCUT2D eigenvalue weighted by Crippen LogP contribution is 2.32. The Hall–Kier alpha value is -3.15. The van der Waals surface area contributed by atoms with E-state index in [4.69, 9.17) is 0 Å². The Bertz CT molecular complexity index is 878. The van der Waals surface area contributed by atoms with E-state index in [-0.39, 0.29) is 6.54 Å². The second-order valence-electron chi connectivity index (χ2n) is 7.27. The van der Waals surface area contributed by atoms with Gasteiger partial charge in [0, 0.05) is 5.69 Å². The molecule has 28 heavy (non-hydrogen) atoms. The number of hydrogen-bond donors (Lipinski definition) is 2. The first-order valence-electron chi connectivity index (χ1n) is 9.47. The van der Waals surface area contributed by atoms with Crippen LogP contribution in [-0.4, -0.2) is 29.3 Å². The highest BCUT2D eigenvalue weighted by Gasteiger charge is 2.51. The van der Waals surface area contributed by atoms with E-state index in [0.717, 1.165) is 4.90 Å². The summed E-state index contributed by atoms with van der Waals surface area (Å²) in [5.41, 5.74) is 1.38. The van der Waals surface area contributed by atoms with E-state index in [2.05, 4.69) is 24.5 Å². The van der Waals surface area contributed by atoms with Gasteiger partial charge in [-0.05, 0) is 35.6 Å². The lowest BCUT2D eigenvalue weighted by Gasteiger charge is -2.25. The average Bonchev–Trinajstić information content (AvgIpc) is 2.94. The number of imide groups is 1. The van der Waals surface area contributed by atoms with E-state index >= 15 is 0 Å². The Morgan fingerprint density at radius 1 is 1.07 bits per heavy atom. The average molecular weight is 379 g/mol. The number of urea groups is 1. The monoisotopic (exact) mass is 379 g/mol. The molecule has 1 heterocycles. The highest BCUT2D eigenvalue weighted by atomic mass is 16.2. The molecule has 2 aromatic rings. The van der Waals surface area contributed by atoms with Crippen LogP contribution >= 0.6 is 0 Å². The second-order valence-corrected chi connectivity index (χ2v) is 7.27. The molecule has 6 heteroatoms. The standard InChI is InChI=1S/C22H25N3O3/c1-4-22(17-8-6-5-7-9-17)20(27)25(21(28)24-22)14-19(26)23-18-12-10-16(11-13-18)15(2)3/h5-13,15H,4,14H2,1-3H3,(H,23,26)(H,24,28). The summed E-state index contributed by atoms with van der Waals surface area (Å²) in [6.45, 7) is 5.70. The summed E-state index contributed by atoms with van der Waals surface area (Å²) in [7, 11) is 0. The van der Waals surface area contributed by atoms with Crippen molar-refractivity contribution in [2.75, 3.05) is 11.9 Å². The van der Waals surface area contributed by atoms with Crippen molar-refractivity contribution in [3.05, 3.63) is 65.7 Å². The predicted molar refractivity (Wildman–Crippen MR) is 108 cm³/mol. The summed E-state index contributed by atoms with van der Waals surface area (Å²) < 4.78 is 0. The van der Waals surface area contributed by atoms with E-state index in [1.807, 2.05) is 61.5 Å². The second kappa shape index (κ2) is 7.84. The number of amides is 4. The zero-order chi connectivity index (χ0) is 20.3. The van der Waals surface area contributed by atoms with Gasteiger partial charge in [-0.25, -0.2) is 4.79 Å². The van der Waals surface area contributed by atoms with Crippen molar-refractivity contribution in [1.29, 1.82) is 0 Å². The largest absolute Gasteiger partial charge is 0.325 e. The molecule has 0 spiro atoms. The van der Waals surface area contributed by atoms with E-state index in [1.54, 1.807) is 0 Å². The molecule has 1 aliphatic rings. The molecule has 0 saturated carbocycles. The molecule has 0 aromatic heterocycles. The van der Waals surface area contributed by atoms with Crippen molar-refractivity contribution in [3.8, 4) is 0 Å². The summed E-state index contributed by atoms with van der Waals surface area (Å²) in [6.07, 6.45) is 0.399. The van der Waals surface area contributed by atoms with Crippen molar-refractivity contribution in [2.24, 2.45) is 0 Å². The van der Waals surface area contributed by atoms with Crippen molar-refractivity contribution in [2.45, 2.75) is 38.6 Å². The molecule has 0 aliphatic carbocycles. The van der Waals surface area contributed by atoms with Crippen LogP contribution in [-0.2, 0) is 15.1 Å². The fourth-order valence-corrected chi connectivity index (χ4v) is 3.43. The maximum atomic E-state index is 13.0. The van der Waals surface area contributed by atoms with E-state index in [9.17, 15) is 14.4 Å². The first kappa shape index (κ1) is 19.6. The molecular weight excluding hydrogens is 354 g/mol. The molecule has 2 N–H and O–H groups in total. The third-order valence-corrected chi connectivity index (χ3v) is 5.14. The van der Waals surface area contributed by atoms with Crippen LogP contribution in [0.5, 0.6) is 0 Å². The Morgan fingerprint density at radius 3 is 2.29 bits per heavy atom. The number of nitrogens with zero attached hydrogens (tertiary/aromatic N) is 1. The van der Waals surface area contributed by atoms with E-state index < -0.39 is 23.4 Å². The van der Waals surface area contributed by atoms with Gasteiger partial charge < -0.3 is 10.6 Å². The normalized spacial score (nSPS) is 19.1. The Labute approximate surface area is 164 Å². The maximum absolute atomic E-state index is 13.0. The van der Waals surface area contributed by atoms with E-state index in [1.165, 1.54) is 5.56 Å². The van der Waals surface area contributed by atoms with Crippen LogP contribution < -0.4 is 10.6 Å². The number of hydrogen-bond acceptors (Lipinski definition) is 3. The lowest BCUT2D eigenvalue weighted by molar-refractivity contribution is -0.134. The van der Waals surface area contributed by atoms with Crippen LogP contribution in [0.4, 0.5) is 10.5 Å². The summed E-state index contributed by atoms with van der Waals surface area (Å²) in [4.78, 5) is 38.9. The topological polar surface area (TPSA) is 78.5 Å². The van der Waals surface area contributed by atoms with Gasteiger partial charge >= 0.3 is 6.03 Å². The van der Waals surface area contributed by atoms with Crippen LogP contribution in [0, 0.1) is 0 Å². The minimum atomic E-state index is -1.13. The zero-order valence-electron chi connectivity index (χ0n) is 16.4. The Morgan fingerprint density at radius 2 is 1.71 bits per heavy atom. The molecule has 4 amide bonds. The number of carbonyl (C=O) groups excluding carboxylic acids is 3. The van der Waals surface area contributed by atoms with Gasteiger partial charge in [-0.3, -0.25) is 14.5 Å². The van der Waals surface area contributed by atoms with Gasteiger partial charge in [-0.15, -0.1) is 0 Å². The number of anilines is 1. The first-order chi connectivity index (χ1) is 13.4. The lowest BCUT2D eigenvalue weighted by Crippen LogP contribution is -2.44. The first-order valence-corrected chi connectivity index (χ1v) is 9.47. The molecule has 0 bridgehead atoms. The maximum Gasteiger partial charge on any atom is 0.325 e. The Balaban J connectivity index is 1.72. The summed E-state index contributed by atoms with van der Waals surface area (Å²) in [6, 6.07) is 16.1. The van der Waals surface area contributed by atoms with Crippen molar-refractivity contribution >= 4 is 23.5 Å². The molecular formula is C22H25N3O3. The smallest absolute Gasteiger partial charge is 0.325 e. The molecule has 0 radical (unpaired) electrons. The molecule has 2 aromatic carbocycles. The van der Waals surface area contributed by atoms with Gasteiger partial charge in [0.15, 0.2) is 0 Å². The lowest BCUT2D eigenvalue weighted by atomic mass is 9.87. The molecule has 6 nitrogen and oxygen atoms in total. The zero-order valence-corrected chi connectivity index (χ0v) is 16.4. The fourth-order valence-electron chi connectivity index (χ4n) is 3.43. The molecule has 1 atom stereocenters. The molecule has 3 rings (SSSR count). The van der Waals surface area contributed by atoms with Gasteiger partial charge in [0.25, 0.3) is 5.91 Å². The number of benzene rings is 2. The van der Waals surface area contributed by atoms with Gasteiger partial charge in [0.2, 0.25) is 5.91 Å². The fraction of sp³-hybridized carbons (Fsp3) is 0.318. The quantitative estimate of drug-likeness (QED) is 0.753. The van der Waals surface area contributed by atoms with Gasteiger partial charge in [0.05, 0.1) is 0 Å². The summed E-state index contributed by atoms with van der Waals surface area (Å²) in [5, 5.41) is 5.53. The predicted octanol–water partition coefficient (Wildman–Crippen LogP) is 3.61. The molecule has 1 aliphatic heterocycles. The molecule has 1 saturated heterocycles. The molecule has 146 valence electrons. The third kappa shape index (κ3) is 3.63. The summed E-state index contributed by atoms with van der Waals surface area (Å²) in [5.74, 6) is -0.423.